The average Bonchev–Trinajstić information content (AvgIpc) is 2.69. The monoisotopic (exact) mass is 366 g/mol. The summed E-state index contributed by atoms with van der Waals surface area (Å²) in [7, 11) is 0. The summed E-state index contributed by atoms with van der Waals surface area (Å²) >= 11 is 5.82. The van der Waals surface area contributed by atoms with Gasteiger partial charge in [-0.1, -0.05) is 17.7 Å². The highest BCUT2D eigenvalue weighted by molar-refractivity contribution is 6.30. The number of nitrogens with one attached hydrogen (secondary N) is 2. The second-order valence-electron chi connectivity index (χ2n) is 5.41. The molecule has 7 heteroatoms. The summed E-state index contributed by atoms with van der Waals surface area (Å²) < 4.78 is 0. The molecule has 0 unspecified atom stereocenters. The van der Waals surface area contributed by atoms with Crippen molar-refractivity contribution in [1.82, 2.24) is 15.3 Å². The number of halogens is 1. The molecule has 0 aliphatic heterocycles. The minimum absolute atomic E-state index is 0.150. The Kier molecular flexibility index (Phi) is 5.56. The molecule has 2 amide bonds. The third kappa shape index (κ3) is 4.64. The number of amides is 2. The molecule has 6 nitrogen and oxygen atoms in total. The summed E-state index contributed by atoms with van der Waals surface area (Å²) in [4.78, 5) is 32.6. The first kappa shape index (κ1) is 17.6. The van der Waals surface area contributed by atoms with Crippen LogP contribution in [0.2, 0.25) is 5.02 Å². The fourth-order valence-corrected chi connectivity index (χ4v) is 2.32. The van der Waals surface area contributed by atoms with Crippen LogP contribution in [0.5, 0.6) is 0 Å². The first-order valence-corrected chi connectivity index (χ1v) is 8.21. The molecule has 2 N–H and O–H groups in total. The molecule has 0 spiro atoms. The molecule has 0 radical (unpaired) electrons. The SMILES string of the molecule is O=C(NCc1ccncc1)c1cccc(C(=O)Nc2ccc(Cl)cc2)n1. The second-order valence-corrected chi connectivity index (χ2v) is 5.84. The Bertz CT molecular complexity index is 914. The molecule has 0 aliphatic carbocycles. The van der Waals surface area contributed by atoms with Crippen LogP contribution in [0.4, 0.5) is 5.69 Å². The van der Waals surface area contributed by atoms with Gasteiger partial charge >= 0.3 is 0 Å². The molecule has 0 atom stereocenters. The molecule has 1 aromatic carbocycles. The zero-order chi connectivity index (χ0) is 18.4. The fourth-order valence-electron chi connectivity index (χ4n) is 2.19. The van der Waals surface area contributed by atoms with Gasteiger partial charge in [0.1, 0.15) is 11.4 Å². The highest BCUT2D eigenvalue weighted by Crippen LogP contribution is 2.14. The summed E-state index contributed by atoms with van der Waals surface area (Å²) in [6.45, 7) is 0.351. The quantitative estimate of drug-likeness (QED) is 0.725. The predicted octanol–water partition coefficient (Wildman–Crippen LogP) is 3.31. The van der Waals surface area contributed by atoms with Crippen molar-refractivity contribution in [2.75, 3.05) is 5.32 Å². The highest BCUT2D eigenvalue weighted by Gasteiger charge is 2.12. The van der Waals surface area contributed by atoms with Crippen molar-refractivity contribution in [1.29, 1.82) is 0 Å². The van der Waals surface area contributed by atoms with Gasteiger partial charge in [0.2, 0.25) is 0 Å². The summed E-state index contributed by atoms with van der Waals surface area (Å²) in [6.07, 6.45) is 3.31. The molecule has 0 saturated carbocycles. The van der Waals surface area contributed by atoms with Crippen molar-refractivity contribution >= 4 is 29.1 Å². The lowest BCUT2D eigenvalue weighted by molar-refractivity contribution is 0.0945. The van der Waals surface area contributed by atoms with E-state index in [-0.39, 0.29) is 17.3 Å². The zero-order valence-corrected chi connectivity index (χ0v) is 14.4. The lowest BCUT2D eigenvalue weighted by Gasteiger charge is -2.07. The number of carbonyl (C=O) groups is 2. The molecular weight excluding hydrogens is 352 g/mol. The number of anilines is 1. The minimum atomic E-state index is -0.406. The van der Waals surface area contributed by atoms with E-state index in [1.165, 1.54) is 0 Å². The van der Waals surface area contributed by atoms with Gasteiger partial charge in [0.15, 0.2) is 0 Å². The van der Waals surface area contributed by atoms with Crippen LogP contribution in [0, 0.1) is 0 Å². The molecular formula is C19H15ClN4O2. The van der Waals surface area contributed by atoms with Crippen LogP contribution in [0.3, 0.4) is 0 Å². The van der Waals surface area contributed by atoms with E-state index in [0.29, 0.717) is 17.3 Å². The van der Waals surface area contributed by atoms with Crippen molar-refractivity contribution in [3.63, 3.8) is 0 Å². The van der Waals surface area contributed by atoms with E-state index >= 15 is 0 Å². The van der Waals surface area contributed by atoms with Gasteiger partial charge in [-0.2, -0.15) is 0 Å². The molecule has 2 heterocycles. The van der Waals surface area contributed by atoms with Crippen molar-refractivity contribution in [3.05, 3.63) is 89.0 Å². The maximum atomic E-state index is 12.3. The van der Waals surface area contributed by atoms with Crippen LogP contribution in [0.25, 0.3) is 0 Å². The maximum Gasteiger partial charge on any atom is 0.274 e. The van der Waals surface area contributed by atoms with Crippen molar-refractivity contribution in [3.8, 4) is 0 Å². The normalized spacial score (nSPS) is 10.2. The van der Waals surface area contributed by atoms with E-state index in [0.717, 1.165) is 5.56 Å². The number of aromatic nitrogens is 2. The lowest BCUT2D eigenvalue weighted by Crippen LogP contribution is -2.25. The fraction of sp³-hybridized carbons (Fsp3) is 0.0526. The Morgan fingerprint density at radius 3 is 2.23 bits per heavy atom. The Morgan fingerprint density at radius 2 is 1.54 bits per heavy atom. The van der Waals surface area contributed by atoms with Crippen LogP contribution >= 0.6 is 11.6 Å². The van der Waals surface area contributed by atoms with E-state index < -0.39 is 5.91 Å². The third-order valence-electron chi connectivity index (χ3n) is 3.52. The molecule has 0 bridgehead atoms. The van der Waals surface area contributed by atoms with E-state index in [4.69, 9.17) is 11.6 Å². The number of hydrogen-bond acceptors (Lipinski definition) is 4. The van der Waals surface area contributed by atoms with Gasteiger partial charge in [0, 0.05) is 29.6 Å². The Labute approximate surface area is 155 Å². The number of hydrogen-bond donors (Lipinski definition) is 2. The molecule has 3 rings (SSSR count). The summed E-state index contributed by atoms with van der Waals surface area (Å²) in [5, 5.41) is 6.05. The average molecular weight is 367 g/mol. The van der Waals surface area contributed by atoms with Gasteiger partial charge < -0.3 is 10.6 Å². The topological polar surface area (TPSA) is 84.0 Å². The maximum absolute atomic E-state index is 12.3. The van der Waals surface area contributed by atoms with E-state index in [9.17, 15) is 9.59 Å². The first-order valence-electron chi connectivity index (χ1n) is 7.83. The minimum Gasteiger partial charge on any atom is -0.347 e. The van der Waals surface area contributed by atoms with Crippen molar-refractivity contribution in [2.45, 2.75) is 6.54 Å². The van der Waals surface area contributed by atoms with Crippen LogP contribution in [0.1, 0.15) is 26.5 Å². The molecule has 0 saturated heterocycles. The van der Waals surface area contributed by atoms with Crippen LogP contribution in [0.15, 0.2) is 67.0 Å². The first-order chi connectivity index (χ1) is 12.6. The van der Waals surface area contributed by atoms with Crippen LogP contribution in [-0.4, -0.2) is 21.8 Å². The second kappa shape index (κ2) is 8.22. The summed E-state index contributed by atoms with van der Waals surface area (Å²) in [5.41, 5.74) is 1.83. The van der Waals surface area contributed by atoms with E-state index in [1.807, 2.05) is 12.1 Å². The number of benzene rings is 1. The molecule has 3 aromatic rings. The van der Waals surface area contributed by atoms with Crippen LogP contribution < -0.4 is 10.6 Å². The third-order valence-corrected chi connectivity index (χ3v) is 3.77. The van der Waals surface area contributed by atoms with E-state index in [1.54, 1.807) is 54.9 Å². The van der Waals surface area contributed by atoms with Gasteiger partial charge in [-0.15, -0.1) is 0 Å². The lowest BCUT2D eigenvalue weighted by atomic mass is 10.2. The Hall–Kier alpha value is -3.25. The Balaban J connectivity index is 1.66. The van der Waals surface area contributed by atoms with Gasteiger partial charge in [0.05, 0.1) is 0 Å². The number of nitrogens with zero attached hydrogens (tertiary/aromatic N) is 2. The van der Waals surface area contributed by atoms with Gasteiger partial charge in [-0.3, -0.25) is 14.6 Å². The summed E-state index contributed by atoms with van der Waals surface area (Å²) in [5.74, 6) is -0.765. The van der Waals surface area contributed by atoms with E-state index in [2.05, 4.69) is 20.6 Å². The predicted molar refractivity (Wildman–Crippen MR) is 99.0 cm³/mol. The van der Waals surface area contributed by atoms with Crippen LogP contribution in [-0.2, 0) is 6.54 Å². The van der Waals surface area contributed by atoms with Gasteiger partial charge in [-0.05, 0) is 54.1 Å². The standard InChI is InChI=1S/C19H15ClN4O2/c20-14-4-6-15(7-5-14)23-19(26)17-3-1-2-16(24-17)18(25)22-12-13-8-10-21-11-9-13/h1-11H,12H2,(H,22,25)(H,23,26). The molecule has 0 fully saturated rings. The van der Waals surface area contributed by atoms with Gasteiger partial charge in [0.25, 0.3) is 11.8 Å². The molecule has 26 heavy (non-hydrogen) atoms. The highest BCUT2D eigenvalue weighted by atomic mass is 35.5. The smallest absolute Gasteiger partial charge is 0.274 e. The number of pyridine rings is 2. The molecule has 2 aromatic heterocycles. The summed E-state index contributed by atoms with van der Waals surface area (Å²) in [6, 6.07) is 15.1. The molecule has 130 valence electrons. The van der Waals surface area contributed by atoms with Crippen molar-refractivity contribution < 1.29 is 9.59 Å². The van der Waals surface area contributed by atoms with Gasteiger partial charge in [-0.25, -0.2) is 4.98 Å². The number of rotatable bonds is 5. The largest absolute Gasteiger partial charge is 0.347 e. The van der Waals surface area contributed by atoms with Crippen molar-refractivity contribution in [2.24, 2.45) is 0 Å². The number of carbonyl (C=O) groups excluding carboxylic acids is 2. The zero-order valence-electron chi connectivity index (χ0n) is 13.6. The Morgan fingerprint density at radius 1 is 0.885 bits per heavy atom. The molecule has 0 aliphatic rings.